The van der Waals surface area contributed by atoms with Crippen LogP contribution >= 0.6 is 24.0 Å². The van der Waals surface area contributed by atoms with E-state index in [0.717, 1.165) is 31.5 Å². The third-order valence-corrected chi connectivity index (χ3v) is 5.05. The Morgan fingerprint density at radius 1 is 1.33 bits per heavy atom. The number of halogens is 1. The van der Waals surface area contributed by atoms with Gasteiger partial charge in [-0.3, -0.25) is 14.9 Å². The predicted molar refractivity (Wildman–Crippen MR) is 110 cm³/mol. The van der Waals surface area contributed by atoms with E-state index in [0.29, 0.717) is 6.04 Å². The van der Waals surface area contributed by atoms with Gasteiger partial charge in [0.15, 0.2) is 5.96 Å². The predicted octanol–water partition coefficient (Wildman–Crippen LogP) is 2.42. The lowest BCUT2D eigenvalue weighted by atomic mass is 10.2. The molecule has 0 aromatic carbocycles. The zero-order chi connectivity index (χ0) is 15.9. The molecule has 3 rings (SSSR count). The highest BCUT2D eigenvalue weighted by atomic mass is 127. The summed E-state index contributed by atoms with van der Waals surface area (Å²) in [5, 5.41) is 7.01. The standard InChI is InChI=1S/C18H29N5.HI/c1-19-18(21-11-8-15-5-4-10-20-13-15)22-16-9-12-23(14-16)17-6-2-3-7-17;/h4-5,10,13,16-17H,2-3,6-9,11-12,14H2,1H3,(H2,19,21,22);1H. The van der Waals surface area contributed by atoms with Gasteiger partial charge in [-0.15, -0.1) is 24.0 Å². The molecule has 1 atom stereocenters. The van der Waals surface area contributed by atoms with Gasteiger partial charge >= 0.3 is 0 Å². The highest BCUT2D eigenvalue weighted by Gasteiger charge is 2.30. The molecule has 1 aliphatic carbocycles. The molecule has 0 bridgehead atoms. The Kier molecular flexibility index (Phi) is 8.24. The van der Waals surface area contributed by atoms with E-state index in [4.69, 9.17) is 0 Å². The largest absolute Gasteiger partial charge is 0.356 e. The normalized spacial score (nSPS) is 22.4. The first kappa shape index (κ1) is 19.4. The van der Waals surface area contributed by atoms with E-state index in [9.17, 15) is 0 Å². The van der Waals surface area contributed by atoms with Crippen molar-refractivity contribution in [2.75, 3.05) is 26.7 Å². The topological polar surface area (TPSA) is 52.6 Å². The van der Waals surface area contributed by atoms with Gasteiger partial charge in [-0.25, -0.2) is 0 Å². The number of nitrogens with one attached hydrogen (secondary N) is 2. The molecule has 0 radical (unpaired) electrons. The third-order valence-electron chi connectivity index (χ3n) is 5.05. The van der Waals surface area contributed by atoms with Crippen LogP contribution in [0, 0.1) is 0 Å². The Bertz CT molecular complexity index is 501. The number of hydrogen-bond donors (Lipinski definition) is 2. The lowest BCUT2D eigenvalue weighted by molar-refractivity contribution is 0.242. The van der Waals surface area contributed by atoms with Gasteiger partial charge in [0.2, 0.25) is 0 Å². The summed E-state index contributed by atoms with van der Waals surface area (Å²) in [6.45, 7) is 3.27. The van der Waals surface area contributed by atoms with Crippen LogP contribution in [0.3, 0.4) is 0 Å². The van der Waals surface area contributed by atoms with Crippen molar-refractivity contribution in [3.05, 3.63) is 30.1 Å². The number of pyridine rings is 1. The van der Waals surface area contributed by atoms with Gasteiger partial charge in [0.25, 0.3) is 0 Å². The first-order chi connectivity index (χ1) is 11.3. The third kappa shape index (κ3) is 5.58. The van der Waals surface area contributed by atoms with Gasteiger partial charge < -0.3 is 10.6 Å². The molecular weight excluding hydrogens is 413 g/mol. The molecule has 5 nitrogen and oxygen atoms in total. The zero-order valence-corrected chi connectivity index (χ0v) is 16.9. The molecule has 1 saturated heterocycles. The Balaban J connectivity index is 0.00000208. The van der Waals surface area contributed by atoms with Crippen LogP contribution in [0.2, 0.25) is 0 Å². The molecule has 6 heteroatoms. The zero-order valence-electron chi connectivity index (χ0n) is 14.6. The molecule has 2 N–H and O–H groups in total. The average molecular weight is 443 g/mol. The maximum atomic E-state index is 4.37. The Morgan fingerprint density at radius 3 is 2.88 bits per heavy atom. The minimum atomic E-state index is 0. The van der Waals surface area contributed by atoms with Crippen LogP contribution in [-0.2, 0) is 6.42 Å². The second-order valence-electron chi connectivity index (χ2n) is 6.67. The molecular formula is C18H30IN5. The van der Waals surface area contributed by atoms with Crippen molar-refractivity contribution in [2.24, 2.45) is 4.99 Å². The summed E-state index contributed by atoms with van der Waals surface area (Å²) in [7, 11) is 1.85. The monoisotopic (exact) mass is 443 g/mol. The van der Waals surface area contributed by atoms with Crippen molar-refractivity contribution in [1.29, 1.82) is 0 Å². The summed E-state index contributed by atoms with van der Waals surface area (Å²) >= 11 is 0. The molecule has 2 heterocycles. The summed E-state index contributed by atoms with van der Waals surface area (Å²) in [5.41, 5.74) is 1.25. The molecule has 1 saturated carbocycles. The van der Waals surface area contributed by atoms with Crippen LogP contribution in [-0.4, -0.2) is 54.6 Å². The number of likely N-dealkylation sites (tertiary alicyclic amines) is 1. The van der Waals surface area contributed by atoms with E-state index in [2.05, 4.69) is 31.6 Å². The van der Waals surface area contributed by atoms with E-state index in [1.807, 2.05) is 25.5 Å². The fourth-order valence-electron chi connectivity index (χ4n) is 3.77. The highest BCUT2D eigenvalue weighted by Crippen LogP contribution is 2.26. The molecule has 2 fully saturated rings. The Hall–Kier alpha value is -0.890. The molecule has 2 aliphatic rings. The summed E-state index contributed by atoms with van der Waals surface area (Å²) < 4.78 is 0. The van der Waals surface area contributed by atoms with Crippen LogP contribution in [0.4, 0.5) is 0 Å². The van der Waals surface area contributed by atoms with Crippen molar-refractivity contribution < 1.29 is 0 Å². The van der Waals surface area contributed by atoms with E-state index >= 15 is 0 Å². The Labute approximate surface area is 162 Å². The van der Waals surface area contributed by atoms with Crippen molar-refractivity contribution >= 4 is 29.9 Å². The SMILES string of the molecule is CN=C(NCCc1cccnc1)NC1CCN(C2CCCC2)C1.I. The molecule has 134 valence electrons. The molecule has 24 heavy (non-hydrogen) atoms. The second-order valence-corrected chi connectivity index (χ2v) is 6.67. The van der Waals surface area contributed by atoms with E-state index in [1.54, 1.807) is 0 Å². The van der Waals surface area contributed by atoms with Crippen molar-refractivity contribution in [2.45, 2.75) is 50.6 Å². The molecule has 1 aliphatic heterocycles. The van der Waals surface area contributed by atoms with Gasteiger partial charge in [0.05, 0.1) is 0 Å². The fourth-order valence-corrected chi connectivity index (χ4v) is 3.77. The van der Waals surface area contributed by atoms with Gasteiger partial charge in [0, 0.05) is 51.2 Å². The van der Waals surface area contributed by atoms with Gasteiger partial charge in [0.1, 0.15) is 0 Å². The average Bonchev–Trinajstić information content (AvgIpc) is 3.26. The minimum absolute atomic E-state index is 0. The first-order valence-corrected chi connectivity index (χ1v) is 8.95. The number of rotatable bonds is 5. The quantitative estimate of drug-likeness (QED) is 0.417. The van der Waals surface area contributed by atoms with E-state index < -0.39 is 0 Å². The second kappa shape index (κ2) is 10.2. The van der Waals surface area contributed by atoms with Crippen LogP contribution < -0.4 is 10.6 Å². The van der Waals surface area contributed by atoms with Crippen LogP contribution in [0.5, 0.6) is 0 Å². The molecule has 0 amide bonds. The van der Waals surface area contributed by atoms with Gasteiger partial charge in [-0.05, 0) is 37.3 Å². The van der Waals surface area contributed by atoms with Crippen LogP contribution in [0.25, 0.3) is 0 Å². The first-order valence-electron chi connectivity index (χ1n) is 8.95. The Morgan fingerprint density at radius 2 is 2.17 bits per heavy atom. The lowest BCUT2D eigenvalue weighted by Gasteiger charge is -2.24. The van der Waals surface area contributed by atoms with Crippen LogP contribution in [0.1, 0.15) is 37.7 Å². The highest BCUT2D eigenvalue weighted by molar-refractivity contribution is 14.0. The number of hydrogen-bond acceptors (Lipinski definition) is 3. The maximum absolute atomic E-state index is 4.37. The molecule has 1 unspecified atom stereocenters. The lowest BCUT2D eigenvalue weighted by Crippen LogP contribution is -2.45. The number of aromatic nitrogens is 1. The summed E-state index contributed by atoms with van der Waals surface area (Å²) in [4.78, 5) is 11.2. The summed E-state index contributed by atoms with van der Waals surface area (Å²) in [6.07, 6.45) is 11.5. The number of aliphatic imine (C=N–C) groups is 1. The summed E-state index contributed by atoms with van der Waals surface area (Å²) in [5.74, 6) is 0.923. The smallest absolute Gasteiger partial charge is 0.191 e. The fraction of sp³-hybridized carbons (Fsp3) is 0.667. The van der Waals surface area contributed by atoms with E-state index in [-0.39, 0.29) is 24.0 Å². The molecule has 1 aromatic rings. The van der Waals surface area contributed by atoms with Crippen molar-refractivity contribution in [3.8, 4) is 0 Å². The minimum Gasteiger partial charge on any atom is -0.356 e. The van der Waals surface area contributed by atoms with E-state index in [1.165, 1.54) is 44.2 Å². The number of nitrogens with zero attached hydrogens (tertiary/aromatic N) is 3. The van der Waals surface area contributed by atoms with Crippen LogP contribution in [0.15, 0.2) is 29.5 Å². The van der Waals surface area contributed by atoms with Gasteiger partial charge in [-0.1, -0.05) is 18.9 Å². The summed E-state index contributed by atoms with van der Waals surface area (Å²) in [6, 6.07) is 5.46. The molecule has 1 aromatic heterocycles. The maximum Gasteiger partial charge on any atom is 0.191 e. The van der Waals surface area contributed by atoms with Crippen molar-refractivity contribution in [3.63, 3.8) is 0 Å². The van der Waals surface area contributed by atoms with Gasteiger partial charge in [-0.2, -0.15) is 0 Å². The number of guanidine groups is 1. The molecule has 0 spiro atoms. The van der Waals surface area contributed by atoms with Crippen molar-refractivity contribution in [1.82, 2.24) is 20.5 Å².